The van der Waals surface area contributed by atoms with Gasteiger partial charge in [0.1, 0.15) is 11.3 Å². The average molecular weight is 388 g/mol. The van der Waals surface area contributed by atoms with Gasteiger partial charge in [-0.3, -0.25) is 4.79 Å². The zero-order chi connectivity index (χ0) is 20.7. The van der Waals surface area contributed by atoms with E-state index >= 15 is 0 Å². The van der Waals surface area contributed by atoms with Crippen molar-refractivity contribution in [2.24, 2.45) is 0 Å². The Balaban J connectivity index is 1.98. The summed E-state index contributed by atoms with van der Waals surface area (Å²) in [6.45, 7) is 5.86. The van der Waals surface area contributed by atoms with Gasteiger partial charge < -0.3 is 24.4 Å². The van der Waals surface area contributed by atoms with Crippen LogP contribution in [0, 0.1) is 6.92 Å². The predicted molar refractivity (Wildman–Crippen MR) is 103 cm³/mol. The maximum absolute atomic E-state index is 12.2. The molecule has 0 radical (unpaired) electrons. The number of carbonyl (C=O) groups is 2. The third-order valence-electron chi connectivity index (χ3n) is 4.61. The van der Waals surface area contributed by atoms with Crippen LogP contribution in [0.25, 0.3) is 11.0 Å². The monoisotopic (exact) mass is 388 g/mol. The standard InChI is InChI=1S/C21H27NO6/c1-4-15-12-19(25)28-20-13(2)17(10-9-16(15)20)27-14(3)21(26)22-11-7-5-6-8-18(23)24/h9-10,12,14H,4-8,11H2,1-3H3,(H,22,26)(H,23,24)/p-1/t14-/m1/s1. The molecule has 0 saturated heterocycles. The Bertz CT molecular complexity index is 902. The van der Waals surface area contributed by atoms with Crippen LogP contribution in [0.5, 0.6) is 5.75 Å². The molecular formula is C21H26NO6-. The Kier molecular flexibility index (Phi) is 7.61. The van der Waals surface area contributed by atoms with Crippen molar-refractivity contribution in [1.82, 2.24) is 5.32 Å². The van der Waals surface area contributed by atoms with E-state index in [2.05, 4.69) is 5.32 Å². The van der Waals surface area contributed by atoms with Gasteiger partial charge >= 0.3 is 5.63 Å². The van der Waals surface area contributed by atoms with Crippen LogP contribution in [0.3, 0.4) is 0 Å². The van der Waals surface area contributed by atoms with Crippen molar-refractivity contribution in [2.45, 2.75) is 59.0 Å². The Morgan fingerprint density at radius 3 is 2.68 bits per heavy atom. The van der Waals surface area contributed by atoms with Gasteiger partial charge in [0.05, 0.1) is 0 Å². The molecule has 0 saturated carbocycles. The Hall–Kier alpha value is -2.83. The Morgan fingerprint density at radius 1 is 1.25 bits per heavy atom. The number of carbonyl (C=O) groups excluding carboxylic acids is 2. The predicted octanol–water partition coefficient (Wildman–Crippen LogP) is 1.86. The Morgan fingerprint density at radius 2 is 2.00 bits per heavy atom. The summed E-state index contributed by atoms with van der Waals surface area (Å²) in [6.07, 6.45) is 1.94. The van der Waals surface area contributed by atoms with Gasteiger partial charge in [0.25, 0.3) is 5.91 Å². The maximum Gasteiger partial charge on any atom is 0.336 e. The third kappa shape index (κ3) is 5.58. The number of aliphatic carboxylic acids is 1. The minimum absolute atomic E-state index is 0.0323. The van der Waals surface area contributed by atoms with Gasteiger partial charge in [-0.05, 0) is 57.2 Å². The van der Waals surface area contributed by atoms with Crippen LogP contribution in [0.15, 0.2) is 27.4 Å². The van der Waals surface area contributed by atoms with Gasteiger partial charge in [0.2, 0.25) is 0 Å². The first kappa shape index (κ1) is 21.5. The molecule has 7 heteroatoms. The lowest BCUT2D eigenvalue weighted by atomic mass is 10.0. The molecule has 0 fully saturated rings. The highest BCUT2D eigenvalue weighted by Crippen LogP contribution is 2.29. The molecule has 1 aromatic carbocycles. The summed E-state index contributed by atoms with van der Waals surface area (Å²) >= 11 is 0. The molecule has 0 bridgehead atoms. The van der Waals surface area contributed by atoms with Crippen LogP contribution in [-0.4, -0.2) is 24.5 Å². The first-order chi connectivity index (χ1) is 13.3. The van der Waals surface area contributed by atoms with Crippen LogP contribution in [0.2, 0.25) is 0 Å². The summed E-state index contributed by atoms with van der Waals surface area (Å²) in [4.78, 5) is 34.3. The van der Waals surface area contributed by atoms with Crippen LogP contribution in [0.1, 0.15) is 50.7 Å². The lowest BCUT2D eigenvalue weighted by Crippen LogP contribution is -2.37. The van der Waals surface area contributed by atoms with Crippen molar-refractivity contribution in [3.63, 3.8) is 0 Å². The zero-order valence-corrected chi connectivity index (χ0v) is 16.5. The van der Waals surface area contributed by atoms with Crippen molar-refractivity contribution in [3.8, 4) is 5.75 Å². The molecular weight excluding hydrogens is 362 g/mol. The van der Waals surface area contributed by atoms with Gasteiger partial charge in [0.15, 0.2) is 6.10 Å². The van der Waals surface area contributed by atoms with Crippen molar-refractivity contribution in [3.05, 3.63) is 39.7 Å². The largest absolute Gasteiger partial charge is 0.550 e. The first-order valence-corrected chi connectivity index (χ1v) is 9.54. The first-order valence-electron chi connectivity index (χ1n) is 9.54. The molecule has 2 aromatic rings. The van der Waals surface area contributed by atoms with Crippen LogP contribution in [0.4, 0.5) is 0 Å². The number of unbranched alkanes of at least 4 members (excludes halogenated alkanes) is 2. The second-order valence-corrected chi connectivity index (χ2v) is 6.74. The number of ether oxygens (including phenoxy) is 1. The normalized spacial score (nSPS) is 12.0. The quantitative estimate of drug-likeness (QED) is 0.491. The number of carboxylic acids is 1. The van der Waals surface area contributed by atoms with Gasteiger partial charge in [-0.1, -0.05) is 13.3 Å². The molecule has 1 heterocycles. The van der Waals surface area contributed by atoms with E-state index in [-0.39, 0.29) is 12.3 Å². The number of aryl methyl sites for hydroxylation is 2. The van der Waals surface area contributed by atoms with Gasteiger partial charge in [-0.15, -0.1) is 0 Å². The summed E-state index contributed by atoms with van der Waals surface area (Å²) in [5.74, 6) is -0.831. The smallest absolute Gasteiger partial charge is 0.336 e. The molecule has 0 aliphatic heterocycles. The highest BCUT2D eigenvalue weighted by atomic mass is 16.5. The number of amides is 1. The van der Waals surface area contributed by atoms with Crippen LogP contribution < -0.4 is 20.8 Å². The lowest BCUT2D eigenvalue weighted by Gasteiger charge is -2.17. The van der Waals surface area contributed by atoms with E-state index in [1.54, 1.807) is 19.9 Å². The summed E-state index contributed by atoms with van der Waals surface area (Å²) in [7, 11) is 0. The van der Waals surface area contributed by atoms with Crippen molar-refractivity contribution in [1.29, 1.82) is 0 Å². The van der Waals surface area contributed by atoms with Gasteiger partial charge in [-0.25, -0.2) is 4.79 Å². The average Bonchev–Trinajstić information content (AvgIpc) is 2.65. The van der Waals surface area contributed by atoms with Gasteiger partial charge in [0, 0.05) is 29.5 Å². The van der Waals surface area contributed by atoms with E-state index < -0.39 is 17.7 Å². The molecule has 2 rings (SSSR count). The number of rotatable bonds is 10. The molecule has 0 unspecified atom stereocenters. The molecule has 28 heavy (non-hydrogen) atoms. The van der Waals surface area contributed by atoms with E-state index in [0.717, 1.165) is 10.9 Å². The van der Waals surface area contributed by atoms with Crippen LogP contribution >= 0.6 is 0 Å². The molecule has 1 amide bonds. The van der Waals surface area contributed by atoms with Crippen molar-refractivity contribution >= 4 is 22.8 Å². The molecule has 7 nitrogen and oxygen atoms in total. The van der Waals surface area contributed by atoms with E-state index in [4.69, 9.17) is 9.15 Å². The number of carboxylic acid groups (broad SMARTS) is 1. The molecule has 1 aromatic heterocycles. The number of hydrogen-bond donors (Lipinski definition) is 1. The number of hydrogen-bond acceptors (Lipinski definition) is 6. The van der Waals surface area contributed by atoms with E-state index in [0.29, 0.717) is 49.1 Å². The van der Waals surface area contributed by atoms with Crippen molar-refractivity contribution in [2.75, 3.05) is 6.54 Å². The molecule has 1 atom stereocenters. The zero-order valence-electron chi connectivity index (χ0n) is 16.5. The van der Waals surface area contributed by atoms with Crippen molar-refractivity contribution < 1.29 is 23.8 Å². The summed E-state index contributed by atoms with van der Waals surface area (Å²) < 4.78 is 11.1. The number of fused-ring (bicyclic) bond motifs is 1. The van der Waals surface area contributed by atoms with E-state index in [9.17, 15) is 19.5 Å². The molecule has 0 aliphatic rings. The third-order valence-corrected chi connectivity index (χ3v) is 4.61. The SMILES string of the molecule is CCc1cc(=O)oc2c(C)c(O[C@H](C)C(=O)NCCCCCC(=O)[O-])ccc12. The molecule has 1 N–H and O–H groups in total. The fourth-order valence-electron chi connectivity index (χ4n) is 3.00. The van der Waals surface area contributed by atoms with Gasteiger partial charge in [-0.2, -0.15) is 0 Å². The lowest BCUT2D eigenvalue weighted by molar-refractivity contribution is -0.305. The maximum atomic E-state index is 12.2. The minimum atomic E-state index is -1.06. The molecule has 152 valence electrons. The highest BCUT2D eigenvalue weighted by molar-refractivity contribution is 5.85. The highest BCUT2D eigenvalue weighted by Gasteiger charge is 2.17. The second-order valence-electron chi connectivity index (χ2n) is 6.74. The summed E-state index contributed by atoms with van der Waals surface area (Å²) in [5, 5.41) is 14.0. The fraction of sp³-hybridized carbons (Fsp3) is 0.476. The van der Waals surface area contributed by atoms with E-state index in [1.807, 2.05) is 13.0 Å². The Labute approximate surface area is 163 Å². The van der Waals surface area contributed by atoms with Crippen LogP contribution in [-0.2, 0) is 16.0 Å². The topological polar surface area (TPSA) is 109 Å². The fourth-order valence-corrected chi connectivity index (χ4v) is 3.00. The number of benzene rings is 1. The summed E-state index contributed by atoms with van der Waals surface area (Å²) in [6, 6.07) is 5.10. The second kappa shape index (κ2) is 9.92. The molecule has 0 aliphatic carbocycles. The van der Waals surface area contributed by atoms with E-state index in [1.165, 1.54) is 6.07 Å². The summed E-state index contributed by atoms with van der Waals surface area (Å²) in [5.41, 5.74) is 1.65. The molecule has 0 spiro atoms. The number of nitrogens with one attached hydrogen (secondary N) is 1. The minimum Gasteiger partial charge on any atom is -0.550 e.